The lowest BCUT2D eigenvalue weighted by molar-refractivity contribution is -0.137. The molecular formula is C15H14F3N5O2S. The van der Waals surface area contributed by atoms with Crippen LogP contribution in [-0.2, 0) is 22.8 Å². The summed E-state index contributed by atoms with van der Waals surface area (Å²) in [5.41, 5.74) is -0.708. The largest absolute Gasteiger partial charge is 0.416 e. The molecule has 7 nitrogen and oxygen atoms in total. The molecular weight excluding hydrogens is 371 g/mol. The molecule has 0 aliphatic carbocycles. The Bertz CT molecular complexity index is 867. The van der Waals surface area contributed by atoms with E-state index in [1.54, 1.807) is 18.5 Å². The summed E-state index contributed by atoms with van der Waals surface area (Å²) >= 11 is 1.15. The summed E-state index contributed by atoms with van der Waals surface area (Å²) in [6, 6.07) is 2.90. The number of alkyl halides is 3. The number of nitrogens with one attached hydrogen (secondary N) is 1. The van der Waals surface area contributed by atoms with Gasteiger partial charge in [-0.15, -0.1) is 10.2 Å². The van der Waals surface area contributed by atoms with Gasteiger partial charge in [0, 0.05) is 7.05 Å². The third kappa shape index (κ3) is 3.52. The van der Waals surface area contributed by atoms with Crippen LogP contribution in [0, 0.1) is 0 Å². The number of thioether (sulfide) groups is 1. The molecule has 1 N–H and O–H groups in total. The molecule has 0 radical (unpaired) electrons. The van der Waals surface area contributed by atoms with Gasteiger partial charge >= 0.3 is 6.18 Å². The molecule has 11 heteroatoms. The van der Waals surface area contributed by atoms with Gasteiger partial charge in [0.25, 0.3) is 0 Å². The monoisotopic (exact) mass is 385 g/mol. The third-order valence-corrected chi connectivity index (χ3v) is 4.89. The van der Waals surface area contributed by atoms with Crippen molar-refractivity contribution in [3.05, 3.63) is 30.1 Å². The molecule has 138 valence electrons. The molecule has 1 aliphatic heterocycles. The first-order valence-electron chi connectivity index (χ1n) is 7.50. The highest BCUT2D eigenvalue weighted by Gasteiger charge is 2.35. The average Bonchev–Trinajstić information content (AvgIpc) is 2.96. The van der Waals surface area contributed by atoms with Crippen molar-refractivity contribution in [1.82, 2.24) is 14.8 Å². The van der Waals surface area contributed by atoms with Gasteiger partial charge in [-0.3, -0.25) is 14.5 Å². The lowest BCUT2D eigenvalue weighted by Crippen LogP contribution is -2.45. The van der Waals surface area contributed by atoms with E-state index in [2.05, 4.69) is 15.5 Å². The predicted octanol–water partition coefficient (Wildman–Crippen LogP) is 2.30. The Kier molecular flexibility index (Phi) is 4.65. The van der Waals surface area contributed by atoms with E-state index in [-0.39, 0.29) is 17.9 Å². The fraction of sp³-hybridized carbons (Fsp3) is 0.333. The Labute approximate surface area is 150 Å². The van der Waals surface area contributed by atoms with Crippen LogP contribution in [0.3, 0.4) is 0 Å². The Balaban J connectivity index is 1.88. The summed E-state index contributed by atoms with van der Waals surface area (Å²) in [5.74, 6) is -0.963. The normalized spacial score (nSPS) is 15.4. The summed E-state index contributed by atoms with van der Waals surface area (Å²) in [6.45, 7) is 1.37. The summed E-state index contributed by atoms with van der Waals surface area (Å²) in [6.07, 6.45) is -3.05. The van der Waals surface area contributed by atoms with Crippen molar-refractivity contribution < 1.29 is 22.8 Å². The standard InChI is InChI=1S/C15H14F3N5O2S/c1-8(26-14-21-19-7-22(14)2)13(25)23-6-12(24)20-10-5-9(15(16,17)18)3-4-11(10)23/h3-5,7-8H,6H2,1-2H3,(H,20,24)/t8-/m1/s1. The number of amides is 2. The first kappa shape index (κ1) is 18.2. The van der Waals surface area contributed by atoms with Crippen molar-refractivity contribution >= 4 is 35.0 Å². The van der Waals surface area contributed by atoms with Crippen LogP contribution in [0.4, 0.5) is 24.5 Å². The van der Waals surface area contributed by atoms with Gasteiger partial charge in [-0.1, -0.05) is 11.8 Å². The highest BCUT2D eigenvalue weighted by molar-refractivity contribution is 8.00. The second-order valence-electron chi connectivity index (χ2n) is 5.69. The van der Waals surface area contributed by atoms with E-state index in [4.69, 9.17) is 0 Å². The maximum Gasteiger partial charge on any atom is 0.416 e. The van der Waals surface area contributed by atoms with Gasteiger partial charge in [0.1, 0.15) is 12.9 Å². The number of halogens is 3. The van der Waals surface area contributed by atoms with Crippen LogP contribution in [-0.4, -0.2) is 38.4 Å². The van der Waals surface area contributed by atoms with Crippen LogP contribution >= 0.6 is 11.8 Å². The molecule has 1 atom stereocenters. The average molecular weight is 385 g/mol. The van der Waals surface area contributed by atoms with Gasteiger partial charge < -0.3 is 9.88 Å². The van der Waals surface area contributed by atoms with Crippen molar-refractivity contribution in [2.75, 3.05) is 16.8 Å². The zero-order chi connectivity index (χ0) is 19.1. The number of carbonyl (C=O) groups excluding carboxylic acids is 2. The van der Waals surface area contributed by atoms with Gasteiger partial charge in [-0.05, 0) is 25.1 Å². The quantitative estimate of drug-likeness (QED) is 0.820. The second-order valence-corrected chi connectivity index (χ2v) is 6.99. The number of fused-ring (bicyclic) bond motifs is 1. The van der Waals surface area contributed by atoms with Gasteiger partial charge in [0.15, 0.2) is 5.16 Å². The van der Waals surface area contributed by atoms with Crippen LogP contribution in [0.25, 0.3) is 0 Å². The minimum Gasteiger partial charge on any atom is -0.323 e. The van der Waals surface area contributed by atoms with E-state index >= 15 is 0 Å². The van der Waals surface area contributed by atoms with Crippen molar-refractivity contribution in [2.24, 2.45) is 7.05 Å². The number of hydrogen-bond acceptors (Lipinski definition) is 5. The number of aryl methyl sites for hydroxylation is 1. The molecule has 0 spiro atoms. The zero-order valence-electron chi connectivity index (χ0n) is 13.7. The highest BCUT2D eigenvalue weighted by Crippen LogP contribution is 2.37. The Hall–Kier alpha value is -2.56. The van der Waals surface area contributed by atoms with Crippen LogP contribution in [0.15, 0.2) is 29.7 Å². The molecule has 26 heavy (non-hydrogen) atoms. The second kappa shape index (κ2) is 6.63. The smallest absolute Gasteiger partial charge is 0.323 e. The minimum absolute atomic E-state index is 0.0414. The lowest BCUT2D eigenvalue weighted by Gasteiger charge is -2.31. The molecule has 1 aliphatic rings. The number of anilines is 2. The number of aromatic nitrogens is 3. The zero-order valence-corrected chi connectivity index (χ0v) is 14.6. The molecule has 3 rings (SSSR count). The maximum atomic E-state index is 12.9. The molecule has 2 aromatic rings. The van der Waals surface area contributed by atoms with Crippen LogP contribution < -0.4 is 10.2 Å². The Morgan fingerprint density at radius 3 is 2.73 bits per heavy atom. The first-order valence-corrected chi connectivity index (χ1v) is 8.38. The maximum absolute atomic E-state index is 12.9. The number of rotatable bonds is 3. The van der Waals surface area contributed by atoms with Gasteiger partial charge in [-0.25, -0.2) is 0 Å². The van der Waals surface area contributed by atoms with Crippen LogP contribution in [0.1, 0.15) is 12.5 Å². The summed E-state index contributed by atoms with van der Waals surface area (Å²) in [7, 11) is 1.72. The van der Waals surface area contributed by atoms with E-state index in [0.29, 0.717) is 5.16 Å². The fourth-order valence-corrected chi connectivity index (χ4v) is 3.32. The van der Waals surface area contributed by atoms with E-state index in [9.17, 15) is 22.8 Å². The van der Waals surface area contributed by atoms with Crippen molar-refractivity contribution in [3.8, 4) is 0 Å². The Morgan fingerprint density at radius 2 is 2.12 bits per heavy atom. The molecule has 0 unspecified atom stereocenters. The molecule has 0 bridgehead atoms. The number of hydrogen-bond donors (Lipinski definition) is 1. The van der Waals surface area contributed by atoms with Crippen molar-refractivity contribution in [1.29, 1.82) is 0 Å². The predicted molar refractivity (Wildman–Crippen MR) is 88.7 cm³/mol. The number of carbonyl (C=O) groups is 2. The lowest BCUT2D eigenvalue weighted by atomic mass is 10.1. The van der Waals surface area contributed by atoms with E-state index < -0.39 is 28.8 Å². The number of benzene rings is 1. The molecule has 2 amide bonds. The van der Waals surface area contributed by atoms with Crippen LogP contribution in [0.2, 0.25) is 0 Å². The summed E-state index contributed by atoms with van der Waals surface area (Å²) in [4.78, 5) is 25.8. The molecule has 0 fully saturated rings. The first-order chi connectivity index (χ1) is 12.2. The molecule has 0 saturated carbocycles. The minimum atomic E-state index is -4.54. The van der Waals surface area contributed by atoms with Crippen molar-refractivity contribution in [3.63, 3.8) is 0 Å². The third-order valence-electron chi connectivity index (χ3n) is 3.76. The van der Waals surface area contributed by atoms with Gasteiger partial charge in [-0.2, -0.15) is 13.2 Å². The molecule has 1 aromatic carbocycles. The van der Waals surface area contributed by atoms with E-state index in [1.807, 2.05) is 0 Å². The molecule has 2 heterocycles. The fourth-order valence-electron chi connectivity index (χ4n) is 2.47. The van der Waals surface area contributed by atoms with Crippen LogP contribution in [0.5, 0.6) is 0 Å². The van der Waals surface area contributed by atoms with Crippen molar-refractivity contribution in [2.45, 2.75) is 23.5 Å². The number of nitrogens with zero attached hydrogens (tertiary/aromatic N) is 4. The Morgan fingerprint density at radius 1 is 1.38 bits per heavy atom. The molecule has 0 saturated heterocycles. The summed E-state index contributed by atoms with van der Waals surface area (Å²) in [5, 5.41) is 9.89. The van der Waals surface area contributed by atoms with E-state index in [0.717, 1.165) is 23.9 Å². The van der Waals surface area contributed by atoms with Gasteiger partial charge in [0.05, 0.1) is 22.2 Å². The van der Waals surface area contributed by atoms with Gasteiger partial charge in [0.2, 0.25) is 11.8 Å². The summed E-state index contributed by atoms with van der Waals surface area (Å²) < 4.78 is 40.3. The van der Waals surface area contributed by atoms with E-state index in [1.165, 1.54) is 17.3 Å². The molecule has 1 aromatic heterocycles. The highest BCUT2D eigenvalue weighted by atomic mass is 32.2. The topological polar surface area (TPSA) is 80.1 Å². The SMILES string of the molecule is C[C@@H](Sc1nncn1C)C(=O)N1CC(=O)Nc2cc(C(F)(F)F)ccc21.